The van der Waals surface area contributed by atoms with Crippen LogP contribution in [-0.4, -0.2) is 20.2 Å². The average Bonchev–Trinajstić information content (AvgIpc) is 2.90. The zero-order valence-corrected chi connectivity index (χ0v) is 21.1. The monoisotopic (exact) mass is 490 g/mol. The topological polar surface area (TPSA) is 110 Å². The Kier molecular flexibility index (Phi) is 7.44. The quantitative estimate of drug-likeness (QED) is 0.212. The van der Waals surface area contributed by atoms with Crippen molar-refractivity contribution in [1.82, 2.24) is 14.5 Å². The SMILES string of the molecule is C=C/C=C(\C=C)C(=N)c1c(N)ncnc1NCc1cc2cccc(C)c2c(=O)n1-c1ccccc1CC. The number of nitrogen functional groups attached to an aromatic ring is 1. The third-order valence-electron chi connectivity index (χ3n) is 6.31. The van der Waals surface area contributed by atoms with Crippen LogP contribution < -0.4 is 16.6 Å². The van der Waals surface area contributed by atoms with Crippen molar-refractivity contribution in [2.24, 2.45) is 0 Å². The highest BCUT2D eigenvalue weighted by atomic mass is 16.1. The lowest BCUT2D eigenvalue weighted by Gasteiger charge is -2.19. The van der Waals surface area contributed by atoms with Crippen LogP contribution in [0.3, 0.4) is 0 Å². The Hall–Kier alpha value is -4.78. The van der Waals surface area contributed by atoms with Crippen LogP contribution in [-0.2, 0) is 13.0 Å². The molecule has 0 aliphatic carbocycles. The fourth-order valence-corrected chi connectivity index (χ4v) is 4.49. The van der Waals surface area contributed by atoms with E-state index in [1.54, 1.807) is 22.8 Å². The Morgan fingerprint density at radius 3 is 2.68 bits per heavy atom. The first-order chi connectivity index (χ1) is 17.9. The fourth-order valence-electron chi connectivity index (χ4n) is 4.49. The van der Waals surface area contributed by atoms with Crippen LogP contribution in [0.1, 0.15) is 29.3 Å². The number of anilines is 2. The van der Waals surface area contributed by atoms with Crippen LogP contribution >= 0.6 is 0 Å². The van der Waals surface area contributed by atoms with Crippen molar-refractivity contribution in [2.75, 3.05) is 11.1 Å². The van der Waals surface area contributed by atoms with E-state index in [1.807, 2.05) is 55.5 Å². The second kappa shape index (κ2) is 10.9. The molecular weight excluding hydrogens is 460 g/mol. The summed E-state index contributed by atoms with van der Waals surface area (Å²) < 4.78 is 1.77. The van der Waals surface area contributed by atoms with E-state index >= 15 is 0 Å². The lowest BCUT2D eigenvalue weighted by Crippen LogP contribution is -2.25. The van der Waals surface area contributed by atoms with Crippen LogP contribution in [0.2, 0.25) is 0 Å². The highest BCUT2D eigenvalue weighted by Crippen LogP contribution is 2.25. The van der Waals surface area contributed by atoms with Gasteiger partial charge in [-0.05, 0) is 47.6 Å². The van der Waals surface area contributed by atoms with Gasteiger partial charge < -0.3 is 11.1 Å². The van der Waals surface area contributed by atoms with Gasteiger partial charge in [-0.2, -0.15) is 0 Å². The van der Waals surface area contributed by atoms with Gasteiger partial charge in [0.25, 0.3) is 5.56 Å². The number of nitrogens with one attached hydrogen (secondary N) is 2. The van der Waals surface area contributed by atoms with Gasteiger partial charge in [-0.25, -0.2) is 9.97 Å². The van der Waals surface area contributed by atoms with Crippen molar-refractivity contribution in [1.29, 1.82) is 5.41 Å². The van der Waals surface area contributed by atoms with Gasteiger partial charge in [-0.1, -0.05) is 74.7 Å². The number of fused-ring (bicyclic) bond motifs is 1. The minimum absolute atomic E-state index is 0.0775. The summed E-state index contributed by atoms with van der Waals surface area (Å²) in [6.07, 6.45) is 6.95. The van der Waals surface area contributed by atoms with Crippen molar-refractivity contribution in [3.63, 3.8) is 0 Å². The van der Waals surface area contributed by atoms with Gasteiger partial charge >= 0.3 is 0 Å². The van der Waals surface area contributed by atoms with E-state index < -0.39 is 0 Å². The molecule has 0 fully saturated rings. The Balaban J connectivity index is 1.87. The molecular formula is C30H30N6O. The lowest BCUT2D eigenvalue weighted by atomic mass is 10.0. The van der Waals surface area contributed by atoms with E-state index in [4.69, 9.17) is 11.1 Å². The normalized spacial score (nSPS) is 11.4. The van der Waals surface area contributed by atoms with E-state index in [2.05, 4.69) is 35.4 Å². The Morgan fingerprint density at radius 1 is 1.16 bits per heavy atom. The van der Waals surface area contributed by atoms with Gasteiger partial charge in [0, 0.05) is 5.69 Å². The van der Waals surface area contributed by atoms with Crippen LogP contribution in [0.5, 0.6) is 0 Å². The van der Waals surface area contributed by atoms with Gasteiger partial charge in [0.05, 0.1) is 28.9 Å². The first kappa shape index (κ1) is 25.3. The number of pyridine rings is 1. The van der Waals surface area contributed by atoms with E-state index in [9.17, 15) is 4.79 Å². The number of allylic oxidation sites excluding steroid dienone is 4. The molecule has 0 unspecified atom stereocenters. The van der Waals surface area contributed by atoms with Crippen LogP contribution in [0, 0.1) is 12.3 Å². The van der Waals surface area contributed by atoms with Gasteiger partial charge in [-0.15, -0.1) is 0 Å². The van der Waals surface area contributed by atoms with Crippen LogP contribution in [0.15, 0.2) is 96.6 Å². The van der Waals surface area contributed by atoms with Gasteiger partial charge in [0.1, 0.15) is 18.0 Å². The zero-order valence-electron chi connectivity index (χ0n) is 21.1. The molecule has 186 valence electrons. The molecule has 0 aliphatic rings. The average molecular weight is 491 g/mol. The maximum Gasteiger partial charge on any atom is 0.263 e. The third-order valence-corrected chi connectivity index (χ3v) is 6.31. The molecule has 0 saturated heterocycles. The predicted octanol–water partition coefficient (Wildman–Crippen LogP) is 5.51. The molecule has 0 atom stereocenters. The Morgan fingerprint density at radius 2 is 1.95 bits per heavy atom. The van der Waals surface area contributed by atoms with Gasteiger partial charge in [0.15, 0.2) is 0 Å². The summed E-state index contributed by atoms with van der Waals surface area (Å²) in [6, 6.07) is 15.8. The minimum Gasteiger partial charge on any atom is -0.383 e. The number of hydrogen-bond donors (Lipinski definition) is 3. The standard InChI is InChI=1S/C30H30N6O/c1-5-11-21(7-3)27(31)26-28(32)34-18-35-29(26)33-17-23-16-22-14-10-12-19(4)25(22)30(37)36(23)24-15-9-8-13-20(24)6-2/h5,7-16,18,31H,1,3,6,17H2,2,4H3,(H3,32,33,34,35)/b21-11+,31-27?. The smallest absolute Gasteiger partial charge is 0.263 e. The van der Waals surface area contributed by atoms with Crippen LogP contribution in [0.4, 0.5) is 11.6 Å². The van der Waals surface area contributed by atoms with Gasteiger partial charge in [0.2, 0.25) is 0 Å². The number of rotatable bonds is 9. The summed E-state index contributed by atoms with van der Waals surface area (Å²) in [4.78, 5) is 22.4. The number of nitrogens with two attached hydrogens (primary N) is 1. The number of nitrogens with zero attached hydrogens (tertiary/aromatic N) is 3. The van der Waals surface area contributed by atoms with Crippen molar-refractivity contribution in [3.05, 3.63) is 125 Å². The maximum absolute atomic E-state index is 13.9. The molecule has 4 aromatic rings. The number of hydrogen-bond acceptors (Lipinski definition) is 6. The molecule has 2 aromatic heterocycles. The third kappa shape index (κ3) is 4.84. The number of para-hydroxylation sites is 1. The zero-order chi connectivity index (χ0) is 26.5. The van der Waals surface area contributed by atoms with E-state index in [-0.39, 0.29) is 23.6 Å². The first-order valence-corrected chi connectivity index (χ1v) is 12.0. The van der Waals surface area contributed by atoms with E-state index in [0.29, 0.717) is 22.3 Å². The highest BCUT2D eigenvalue weighted by molar-refractivity contribution is 6.17. The molecule has 4 rings (SSSR count). The molecule has 0 spiro atoms. The largest absolute Gasteiger partial charge is 0.383 e. The molecule has 0 saturated carbocycles. The molecule has 4 N–H and O–H groups in total. The minimum atomic E-state index is -0.0775. The van der Waals surface area contributed by atoms with Crippen molar-refractivity contribution in [2.45, 2.75) is 26.8 Å². The van der Waals surface area contributed by atoms with E-state index in [0.717, 1.165) is 34.3 Å². The summed E-state index contributed by atoms with van der Waals surface area (Å²) in [5.41, 5.74) is 10.7. The highest BCUT2D eigenvalue weighted by Gasteiger charge is 2.19. The molecule has 0 radical (unpaired) electrons. The molecule has 37 heavy (non-hydrogen) atoms. The molecule has 7 heteroatoms. The molecule has 0 amide bonds. The Labute approximate surface area is 216 Å². The number of benzene rings is 2. The Bertz CT molecular complexity index is 1610. The molecule has 0 aliphatic heterocycles. The van der Waals surface area contributed by atoms with Crippen molar-refractivity contribution >= 4 is 28.1 Å². The summed E-state index contributed by atoms with van der Waals surface area (Å²) in [6.45, 7) is 11.8. The fraction of sp³-hybridized carbons (Fsp3) is 0.133. The summed E-state index contributed by atoms with van der Waals surface area (Å²) >= 11 is 0. The maximum atomic E-state index is 13.9. The summed E-state index contributed by atoms with van der Waals surface area (Å²) in [7, 11) is 0. The number of aryl methyl sites for hydroxylation is 2. The first-order valence-electron chi connectivity index (χ1n) is 12.0. The predicted molar refractivity (Wildman–Crippen MR) is 153 cm³/mol. The van der Waals surface area contributed by atoms with Crippen LogP contribution in [0.25, 0.3) is 16.5 Å². The number of aromatic nitrogens is 3. The second-order valence-electron chi connectivity index (χ2n) is 8.57. The summed E-state index contributed by atoms with van der Waals surface area (Å²) in [5.74, 6) is 0.559. The lowest BCUT2D eigenvalue weighted by molar-refractivity contribution is 0.874. The van der Waals surface area contributed by atoms with E-state index in [1.165, 1.54) is 6.33 Å². The van der Waals surface area contributed by atoms with Crippen molar-refractivity contribution in [3.8, 4) is 5.69 Å². The molecule has 0 bridgehead atoms. The molecule has 2 heterocycles. The second-order valence-corrected chi connectivity index (χ2v) is 8.57. The van der Waals surface area contributed by atoms with Crippen molar-refractivity contribution < 1.29 is 0 Å². The van der Waals surface area contributed by atoms with Gasteiger partial charge in [-0.3, -0.25) is 14.8 Å². The molecule has 7 nitrogen and oxygen atoms in total. The summed E-state index contributed by atoms with van der Waals surface area (Å²) in [5, 5.41) is 13.6. The molecule has 2 aromatic carbocycles.